The second-order valence-electron chi connectivity index (χ2n) is 12.3. The van der Waals surface area contributed by atoms with Crippen LogP contribution in [-0.4, -0.2) is 61.2 Å². The summed E-state index contributed by atoms with van der Waals surface area (Å²) in [6.45, 7) is 1.43. The predicted octanol–water partition coefficient (Wildman–Crippen LogP) is 5.51. The standard InChI is InChI=1S/C22H22N2O5.C19H18N2O3S/c1-28-17-9-10-20(29-2)18(12-17)24-22(27)21(26)23-13-19(25)16-8-7-14-5-3-4-6-15(14)11-16;1-19(24,14-7-3-2-4-8-14)12-20-17(22)18(23)21-15-9-5-6-13-10-11-25-16(13)15/h3-12,19,25H,13H2,1-2H3,(H,23,26)(H,24,27);2-11,24H,12H2,1H3,(H,20,22)(H,21,23). The van der Waals surface area contributed by atoms with Crippen molar-refractivity contribution in [1.82, 2.24) is 10.6 Å². The van der Waals surface area contributed by atoms with E-state index in [0.717, 1.165) is 20.9 Å². The molecule has 0 bridgehead atoms. The average molecular weight is 749 g/mol. The molecule has 2 atom stereocenters. The van der Waals surface area contributed by atoms with Crippen molar-refractivity contribution in [2.75, 3.05) is 37.9 Å². The Morgan fingerprint density at radius 2 is 1.35 bits per heavy atom. The normalized spacial score (nSPS) is 12.3. The molecule has 6 N–H and O–H groups in total. The van der Waals surface area contributed by atoms with Gasteiger partial charge in [-0.25, -0.2) is 0 Å². The number of anilines is 2. The molecule has 0 aliphatic rings. The highest BCUT2D eigenvalue weighted by Gasteiger charge is 2.25. The van der Waals surface area contributed by atoms with Crippen LogP contribution in [0.15, 0.2) is 121 Å². The van der Waals surface area contributed by atoms with Gasteiger partial charge in [0.2, 0.25) is 0 Å². The molecule has 6 aromatic rings. The molecule has 4 amide bonds. The van der Waals surface area contributed by atoms with Crippen molar-refractivity contribution in [3.8, 4) is 11.5 Å². The number of amides is 4. The van der Waals surface area contributed by atoms with Crippen LogP contribution in [0.5, 0.6) is 11.5 Å². The summed E-state index contributed by atoms with van der Waals surface area (Å²) in [6.07, 6.45) is -0.942. The van der Waals surface area contributed by atoms with Crippen molar-refractivity contribution < 1.29 is 38.9 Å². The largest absolute Gasteiger partial charge is 0.497 e. The number of aliphatic hydroxyl groups is 2. The number of benzene rings is 5. The minimum Gasteiger partial charge on any atom is -0.497 e. The van der Waals surface area contributed by atoms with Crippen LogP contribution < -0.4 is 30.7 Å². The Kier molecular flexibility index (Phi) is 13.0. The molecule has 13 heteroatoms. The second kappa shape index (κ2) is 18.0. The van der Waals surface area contributed by atoms with Gasteiger partial charge in [-0.1, -0.05) is 78.9 Å². The van der Waals surface area contributed by atoms with E-state index in [-0.39, 0.29) is 13.1 Å². The third-order valence-electron chi connectivity index (χ3n) is 8.40. The van der Waals surface area contributed by atoms with Crippen molar-refractivity contribution >= 4 is 67.2 Å². The highest BCUT2D eigenvalue weighted by atomic mass is 32.1. The van der Waals surface area contributed by atoms with Gasteiger partial charge in [-0.15, -0.1) is 11.3 Å². The lowest BCUT2D eigenvalue weighted by molar-refractivity contribution is -0.136. The van der Waals surface area contributed by atoms with E-state index < -0.39 is 35.3 Å². The summed E-state index contributed by atoms with van der Waals surface area (Å²) in [4.78, 5) is 48.5. The van der Waals surface area contributed by atoms with E-state index in [1.807, 2.05) is 66.0 Å². The van der Waals surface area contributed by atoms with Crippen LogP contribution in [0.2, 0.25) is 0 Å². The fourth-order valence-corrected chi connectivity index (χ4v) is 6.26. The maximum Gasteiger partial charge on any atom is 0.313 e. The number of carbonyl (C=O) groups is 4. The maximum absolute atomic E-state index is 12.2. The molecule has 12 nitrogen and oxygen atoms in total. The van der Waals surface area contributed by atoms with Crippen LogP contribution in [-0.2, 0) is 24.8 Å². The average Bonchev–Trinajstić information content (AvgIpc) is 3.69. The topological polar surface area (TPSA) is 175 Å². The molecule has 54 heavy (non-hydrogen) atoms. The molecule has 0 saturated heterocycles. The number of hydrogen-bond acceptors (Lipinski definition) is 9. The summed E-state index contributed by atoms with van der Waals surface area (Å²) >= 11 is 1.50. The van der Waals surface area contributed by atoms with Gasteiger partial charge in [0, 0.05) is 12.6 Å². The predicted molar refractivity (Wildman–Crippen MR) is 210 cm³/mol. The third kappa shape index (κ3) is 9.98. The number of nitrogens with one attached hydrogen (secondary N) is 4. The Morgan fingerprint density at radius 1 is 0.685 bits per heavy atom. The molecule has 5 aromatic carbocycles. The zero-order valence-electron chi connectivity index (χ0n) is 29.8. The number of aliphatic hydroxyl groups excluding tert-OH is 1. The fourth-order valence-electron chi connectivity index (χ4n) is 5.40. The number of hydrogen-bond donors (Lipinski definition) is 6. The molecule has 0 aliphatic heterocycles. The molecule has 6 rings (SSSR count). The first-order valence-corrected chi connectivity index (χ1v) is 17.7. The number of ether oxygens (including phenoxy) is 2. The molecule has 0 spiro atoms. The first-order valence-electron chi connectivity index (χ1n) is 16.8. The van der Waals surface area contributed by atoms with Crippen LogP contribution in [0.4, 0.5) is 11.4 Å². The minimum atomic E-state index is -1.26. The van der Waals surface area contributed by atoms with Gasteiger partial charge >= 0.3 is 23.6 Å². The number of rotatable bonds is 10. The molecule has 0 aliphatic carbocycles. The fraction of sp³-hybridized carbons (Fsp3) is 0.171. The van der Waals surface area contributed by atoms with Gasteiger partial charge < -0.3 is 41.0 Å². The lowest BCUT2D eigenvalue weighted by atomic mass is 9.96. The molecule has 278 valence electrons. The van der Waals surface area contributed by atoms with Gasteiger partial charge in [-0.05, 0) is 69.9 Å². The summed E-state index contributed by atoms with van der Waals surface area (Å²) < 4.78 is 11.2. The number of carbonyl (C=O) groups excluding carboxylic acids is 4. The van der Waals surface area contributed by atoms with Crippen molar-refractivity contribution in [3.63, 3.8) is 0 Å². The first-order chi connectivity index (χ1) is 26.0. The van der Waals surface area contributed by atoms with E-state index in [0.29, 0.717) is 34.0 Å². The molecule has 1 heterocycles. The van der Waals surface area contributed by atoms with Crippen LogP contribution in [0.25, 0.3) is 20.9 Å². The summed E-state index contributed by atoms with van der Waals surface area (Å²) in [5.41, 5.74) is 0.966. The zero-order chi connectivity index (χ0) is 38.7. The third-order valence-corrected chi connectivity index (χ3v) is 9.36. The number of thiophene rings is 1. The van der Waals surface area contributed by atoms with Gasteiger partial charge in [0.05, 0.1) is 42.9 Å². The molecular weight excluding hydrogens is 709 g/mol. The van der Waals surface area contributed by atoms with Crippen LogP contribution in [0.3, 0.4) is 0 Å². The van der Waals surface area contributed by atoms with Gasteiger partial charge in [0.25, 0.3) is 0 Å². The van der Waals surface area contributed by atoms with Crippen molar-refractivity contribution in [2.24, 2.45) is 0 Å². The molecule has 0 radical (unpaired) electrons. The second-order valence-corrected chi connectivity index (χ2v) is 13.2. The van der Waals surface area contributed by atoms with Crippen molar-refractivity contribution in [2.45, 2.75) is 18.6 Å². The van der Waals surface area contributed by atoms with E-state index in [1.165, 1.54) is 25.6 Å². The van der Waals surface area contributed by atoms with Gasteiger partial charge in [0.15, 0.2) is 0 Å². The van der Waals surface area contributed by atoms with Crippen LogP contribution in [0.1, 0.15) is 24.2 Å². The lowest BCUT2D eigenvalue weighted by Gasteiger charge is -2.24. The zero-order valence-corrected chi connectivity index (χ0v) is 30.6. The number of methoxy groups -OCH3 is 2. The van der Waals surface area contributed by atoms with E-state index in [9.17, 15) is 29.4 Å². The van der Waals surface area contributed by atoms with Gasteiger partial charge in [-0.3, -0.25) is 19.2 Å². The van der Waals surface area contributed by atoms with E-state index in [1.54, 1.807) is 61.5 Å². The lowest BCUT2D eigenvalue weighted by Crippen LogP contribution is -2.43. The first kappa shape index (κ1) is 38.9. The minimum absolute atomic E-state index is 0.0630. The van der Waals surface area contributed by atoms with Crippen molar-refractivity contribution in [3.05, 3.63) is 132 Å². The van der Waals surface area contributed by atoms with E-state index in [4.69, 9.17) is 9.47 Å². The van der Waals surface area contributed by atoms with E-state index >= 15 is 0 Å². The molecule has 2 unspecified atom stereocenters. The summed E-state index contributed by atoms with van der Waals surface area (Å²) in [5.74, 6) is -2.39. The van der Waals surface area contributed by atoms with Crippen molar-refractivity contribution in [1.29, 1.82) is 0 Å². The molecule has 0 fully saturated rings. The Labute approximate surface area is 315 Å². The Hall–Kier alpha value is -6.28. The highest BCUT2D eigenvalue weighted by Crippen LogP contribution is 2.30. The smallest absolute Gasteiger partial charge is 0.313 e. The monoisotopic (exact) mass is 748 g/mol. The Morgan fingerprint density at radius 3 is 2.07 bits per heavy atom. The SMILES string of the molecule is CC(O)(CNC(=O)C(=O)Nc1cccc2ccsc12)c1ccccc1.COc1ccc(OC)c(NC(=O)C(=O)NCC(O)c2ccc3ccccc3c2)c1. The highest BCUT2D eigenvalue weighted by molar-refractivity contribution is 7.17. The van der Waals surface area contributed by atoms with Crippen LogP contribution >= 0.6 is 11.3 Å². The summed E-state index contributed by atoms with van der Waals surface area (Å²) in [7, 11) is 2.95. The van der Waals surface area contributed by atoms with Gasteiger partial charge in [0.1, 0.15) is 17.1 Å². The number of fused-ring (bicyclic) bond motifs is 2. The van der Waals surface area contributed by atoms with Gasteiger partial charge in [-0.2, -0.15) is 0 Å². The molecule has 0 saturated carbocycles. The summed E-state index contributed by atoms with van der Waals surface area (Å²) in [5, 5.41) is 35.9. The van der Waals surface area contributed by atoms with E-state index in [2.05, 4.69) is 21.3 Å². The molecular formula is C41H40N4O8S. The molecule has 1 aromatic heterocycles. The van der Waals surface area contributed by atoms with Crippen LogP contribution in [0, 0.1) is 0 Å². The summed E-state index contributed by atoms with van der Waals surface area (Å²) in [6, 6.07) is 34.6. The maximum atomic E-state index is 12.2. The Balaban J connectivity index is 0.000000210. The quantitative estimate of drug-likeness (QED) is 0.0995. The Bertz CT molecular complexity index is 2260.